The third-order valence-electron chi connectivity index (χ3n) is 5.20. The minimum Gasteiger partial charge on any atom is -0.378 e. The number of rotatable bonds is 10. The van der Waals surface area contributed by atoms with Gasteiger partial charge in [-0.3, -0.25) is 14.4 Å². The van der Waals surface area contributed by atoms with E-state index in [9.17, 15) is 14.4 Å². The summed E-state index contributed by atoms with van der Waals surface area (Å²) in [6, 6.07) is 11.8. The van der Waals surface area contributed by atoms with Gasteiger partial charge >= 0.3 is 0 Å². The molecule has 0 N–H and O–H groups in total. The normalized spacial score (nSPS) is 13.8. The number of ketones is 2. The molecule has 3 rings (SSSR count). The maximum absolute atomic E-state index is 12.4. The molecule has 2 heterocycles. The number of hydrogen-bond donors (Lipinski definition) is 0. The van der Waals surface area contributed by atoms with Crippen LogP contribution in [0.5, 0.6) is 0 Å². The Bertz CT molecular complexity index is 843. The molecule has 1 fully saturated rings. The minimum absolute atomic E-state index is 0.0117. The monoisotopic (exact) mass is 428 g/mol. The van der Waals surface area contributed by atoms with Gasteiger partial charge in [0.2, 0.25) is 5.91 Å². The number of amides is 1. The average molecular weight is 429 g/mol. The molecule has 6 nitrogen and oxygen atoms in total. The van der Waals surface area contributed by atoms with Crippen molar-refractivity contribution in [2.75, 3.05) is 38.3 Å². The van der Waals surface area contributed by atoms with Crippen molar-refractivity contribution >= 4 is 34.5 Å². The van der Waals surface area contributed by atoms with Crippen LogP contribution in [0.2, 0.25) is 0 Å². The number of nitrogens with zero attached hydrogens (tertiary/aromatic N) is 2. The summed E-state index contributed by atoms with van der Waals surface area (Å²) in [4.78, 5) is 41.0. The molecule has 2 aromatic rings. The molecule has 0 bridgehead atoms. The molecule has 1 amide bonds. The van der Waals surface area contributed by atoms with Crippen LogP contribution >= 0.6 is 11.3 Å². The fourth-order valence-electron chi connectivity index (χ4n) is 3.37. The highest BCUT2D eigenvalue weighted by molar-refractivity contribution is 7.12. The SMILES string of the molecule is CN(Cc1ccc(N2CCOCC2)cc1)C(=O)CCC(=O)CCC(=O)c1cccs1. The Labute approximate surface area is 181 Å². The summed E-state index contributed by atoms with van der Waals surface area (Å²) in [5, 5.41) is 1.85. The van der Waals surface area contributed by atoms with Crippen molar-refractivity contribution in [2.24, 2.45) is 0 Å². The van der Waals surface area contributed by atoms with Crippen LogP contribution in [0.15, 0.2) is 41.8 Å². The van der Waals surface area contributed by atoms with Crippen LogP contribution in [0.3, 0.4) is 0 Å². The van der Waals surface area contributed by atoms with Gasteiger partial charge in [0, 0.05) is 58.1 Å². The molecule has 0 spiro atoms. The highest BCUT2D eigenvalue weighted by Crippen LogP contribution is 2.18. The topological polar surface area (TPSA) is 66.9 Å². The summed E-state index contributed by atoms with van der Waals surface area (Å²) in [5.41, 5.74) is 2.22. The number of anilines is 1. The zero-order valence-corrected chi connectivity index (χ0v) is 18.2. The minimum atomic E-state index is -0.0646. The lowest BCUT2D eigenvalue weighted by molar-refractivity contribution is -0.132. The van der Waals surface area contributed by atoms with Crippen molar-refractivity contribution < 1.29 is 19.1 Å². The number of carbonyl (C=O) groups excluding carboxylic acids is 3. The molecule has 1 aromatic heterocycles. The average Bonchev–Trinajstić information content (AvgIpc) is 3.32. The molecular weight excluding hydrogens is 400 g/mol. The van der Waals surface area contributed by atoms with Crippen LogP contribution in [-0.4, -0.2) is 55.7 Å². The molecule has 1 saturated heterocycles. The maximum Gasteiger partial charge on any atom is 0.223 e. The van der Waals surface area contributed by atoms with Crippen LogP contribution in [0.4, 0.5) is 5.69 Å². The Hall–Kier alpha value is -2.51. The van der Waals surface area contributed by atoms with Crippen molar-refractivity contribution in [1.29, 1.82) is 0 Å². The number of carbonyl (C=O) groups is 3. The number of ether oxygens (including phenoxy) is 1. The second kappa shape index (κ2) is 11.0. The van der Waals surface area contributed by atoms with Crippen LogP contribution < -0.4 is 4.90 Å². The van der Waals surface area contributed by atoms with E-state index in [1.807, 2.05) is 23.6 Å². The van der Waals surface area contributed by atoms with E-state index < -0.39 is 0 Å². The molecular formula is C23H28N2O4S. The molecule has 1 aliphatic rings. The Morgan fingerprint density at radius 3 is 2.37 bits per heavy atom. The molecule has 0 radical (unpaired) electrons. The standard InChI is InChI=1S/C23H28N2O4S/c1-24(17-18-4-6-19(7-5-18)25-12-14-29-15-13-25)23(28)11-9-20(26)8-10-21(27)22-3-2-16-30-22/h2-7,16H,8-15,17H2,1H3. The van der Waals surface area contributed by atoms with Crippen molar-refractivity contribution in [1.82, 2.24) is 4.90 Å². The second-order valence-corrected chi connectivity index (χ2v) is 8.40. The first-order chi connectivity index (χ1) is 14.5. The molecule has 0 aliphatic carbocycles. The first-order valence-electron chi connectivity index (χ1n) is 10.3. The summed E-state index contributed by atoms with van der Waals surface area (Å²) >= 11 is 1.38. The lowest BCUT2D eigenvalue weighted by Gasteiger charge is -2.29. The fraction of sp³-hybridized carbons (Fsp3) is 0.435. The molecule has 1 aliphatic heterocycles. The molecule has 160 valence electrons. The van der Waals surface area contributed by atoms with E-state index >= 15 is 0 Å². The van der Waals surface area contributed by atoms with Gasteiger partial charge in [-0.1, -0.05) is 18.2 Å². The highest BCUT2D eigenvalue weighted by atomic mass is 32.1. The van der Waals surface area contributed by atoms with Gasteiger partial charge in [-0.15, -0.1) is 11.3 Å². The van der Waals surface area contributed by atoms with Crippen LogP contribution in [0.1, 0.15) is 40.9 Å². The summed E-state index contributed by atoms with van der Waals surface area (Å²) in [6.45, 7) is 3.79. The molecule has 7 heteroatoms. The van der Waals surface area contributed by atoms with Gasteiger partial charge in [0.05, 0.1) is 18.1 Å². The van der Waals surface area contributed by atoms with E-state index in [0.717, 1.165) is 31.9 Å². The van der Waals surface area contributed by atoms with Gasteiger partial charge in [0.1, 0.15) is 5.78 Å². The van der Waals surface area contributed by atoms with Gasteiger partial charge in [0.15, 0.2) is 5.78 Å². The first-order valence-corrected chi connectivity index (χ1v) is 11.1. The summed E-state index contributed by atoms with van der Waals surface area (Å²) in [5.74, 6) is -0.121. The van der Waals surface area contributed by atoms with Crippen molar-refractivity contribution in [3.05, 3.63) is 52.2 Å². The molecule has 0 saturated carbocycles. The van der Waals surface area contributed by atoms with Gasteiger partial charge in [0.25, 0.3) is 0 Å². The summed E-state index contributed by atoms with van der Waals surface area (Å²) < 4.78 is 5.38. The van der Waals surface area contributed by atoms with Crippen molar-refractivity contribution in [2.45, 2.75) is 32.2 Å². The second-order valence-electron chi connectivity index (χ2n) is 7.45. The number of Topliss-reactive ketones (excluding diaryl/α,β-unsaturated/α-hetero) is 2. The molecule has 0 atom stereocenters. The Morgan fingerprint density at radius 1 is 1.00 bits per heavy atom. The van der Waals surface area contributed by atoms with Crippen LogP contribution in [0.25, 0.3) is 0 Å². The lowest BCUT2D eigenvalue weighted by Crippen LogP contribution is -2.36. The van der Waals surface area contributed by atoms with E-state index in [1.165, 1.54) is 17.0 Å². The van der Waals surface area contributed by atoms with Crippen LogP contribution in [-0.2, 0) is 20.9 Å². The quantitative estimate of drug-likeness (QED) is 0.542. The summed E-state index contributed by atoms with van der Waals surface area (Å²) in [6.07, 6.45) is 0.751. The molecule has 30 heavy (non-hydrogen) atoms. The highest BCUT2D eigenvalue weighted by Gasteiger charge is 2.15. The molecule has 0 unspecified atom stereocenters. The number of benzene rings is 1. The number of thiophene rings is 1. The zero-order chi connectivity index (χ0) is 21.3. The van der Waals surface area contributed by atoms with E-state index in [-0.39, 0.29) is 43.2 Å². The lowest BCUT2D eigenvalue weighted by atomic mass is 10.1. The van der Waals surface area contributed by atoms with E-state index in [2.05, 4.69) is 17.0 Å². The largest absolute Gasteiger partial charge is 0.378 e. The first kappa shape index (κ1) is 22.2. The third kappa shape index (κ3) is 6.50. The fourth-order valence-corrected chi connectivity index (χ4v) is 4.07. The van der Waals surface area contributed by atoms with Gasteiger partial charge in [-0.05, 0) is 29.1 Å². The Kier molecular flexibility index (Phi) is 8.16. The number of morpholine rings is 1. The van der Waals surface area contributed by atoms with E-state index in [4.69, 9.17) is 4.74 Å². The third-order valence-corrected chi connectivity index (χ3v) is 6.11. The van der Waals surface area contributed by atoms with Crippen molar-refractivity contribution in [3.63, 3.8) is 0 Å². The van der Waals surface area contributed by atoms with Gasteiger partial charge < -0.3 is 14.5 Å². The molecule has 1 aromatic carbocycles. The number of hydrogen-bond acceptors (Lipinski definition) is 6. The van der Waals surface area contributed by atoms with Crippen LogP contribution in [0, 0.1) is 0 Å². The van der Waals surface area contributed by atoms with Gasteiger partial charge in [-0.25, -0.2) is 0 Å². The predicted octanol–water partition coefficient (Wildman–Crippen LogP) is 3.56. The maximum atomic E-state index is 12.4. The Morgan fingerprint density at radius 2 is 1.70 bits per heavy atom. The predicted molar refractivity (Wildman–Crippen MR) is 118 cm³/mol. The van der Waals surface area contributed by atoms with E-state index in [0.29, 0.717) is 11.4 Å². The van der Waals surface area contributed by atoms with Gasteiger partial charge in [-0.2, -0.15) is 0 Å². The summed E-state index contributed by atoms with van der Waals surface area (Å²) in [7, 11) is 1.75. The smallest absolute Gasteiger partial charge is 0.223 e. The van der Waals surface area contributed by atoms with Crippen molar-refractivity contribution in [3.8, 4) is 0 Å². The zero-order valence-electron chi connectivity index (χ0n) is 17.3. The van der Waals surface area contributed by atoms with E-state index in [1.54, 1.807) is 18.0 Å². The Balaban J connectivity index is 1.38.